The second-order valence-corrected chi connectivity index (χ2v) is 9.15. The number of carbonyl (C=O) groups excluding carboxylic acids is 1. The number of hydrogen-bond acceptors (Lipinski definition) is 3. The lowest BCUT2D eigenvalue weighted by molar-refractivity contribution is 0.0949. The molecule has 0 spiro atoms. The SMILES string of the molecule is CC(C)CNC(=O)c1ccc(S(=O)(=O)N(Cc2ccccc2)C(C)C)cc1. The van der Waals surface area contributed by atoms with Crippen LogP contribution in [0.4, 0.5) is 0 Å². The van der Waals surface area contributed by atoms with E-state index >= 15 is 0 Å². The van der Waals surface area contributed by atoms with E-state index in [-0.39, 0.29) is 16.8 Å². The first-order chi connectivity index (χ1) is 12.7. The molecule has 1 amide bonds. The molecule has 0 fully saturated rings. The van der Waals surface area contributed by atoms with E-state index in [2.05, 4.69) is 5.32 Å². The number of benzene rings is 2. The van der Waals surface area contributed by atoms with Crippen LogP contribution in [0.2, 0.25) is 0 Å². The number of nitrogens with one attached hydrogen (secondary N) is 1. The Hall–Kier alpha value is -2.18. The zero-order chi connectivity index (χ0) is 20.0. The summed E-state index contributed by atoms with van der Waals surface area (Å²) in [5.41, 5.74) is 1.38. The number of carbonyl (C=O) groups is 1. The minimum absolute atomic E-state index is 0.188. The Labute approximate surface area is 162 Å². The standard InChI is InChI=1S/C21H28N2O3S/c1-16(2)14-22-21(24)19-10-12-20(13-11-19)27(25,26)23(17(3)4)15-18-8-6-5-7-9-18/h5-13,16-17H,14-15H2,1-4H3,(H,22,24). The third-order valence-electron chi connectivity index (χ3n) is 4.15. The largest absolute Gasteiger partial charge is 0.352 e. The molecule has 2 aromatic rings. The number of nitrogens with zero attached hydrogens (tertiary/aromatic N) is 1. The molecule has 146 valence electrons. The van der Waals surface area contributed by atoms with Crippen LogP contribution < -0.4 is 5.32 Å². The van der Waals surface area contributed by atoms with Gasteiger partial charge in [-0.2, -0.15) is 4.31 Å². The first-order valence-corrected chi connectivity index (χ1v) is 10.6. The number of sulfonamides is 1. The summed E-state index contributed by atoms with van der Waals surface area (Å²) in [7, 11) is -3.67. The molecule has 0 saturated heterocycles. The van der Waals surface area contributed by atoms with Crippen LogP contribution in [-0.2, 0) is 16.6 Å². The summed E-state index contributed by atoms with van der Waals surface area (Å²) >= 11 is 0. The highest BCUT2D eigenvalue weighted by atomic mass is 32.2. The van der Waals surface area contributed by atoms with Gasteiger partial charge in [0.05, 0.1) is 4.90 Å². The highest BCUT2D eigenvalue weighted by molar-refractivity contribution is 7.89. The van der Waals surface area contributed by atoms with Crippen molar-refractivity contribution in [3.8, 4) is 0 Å². The second kappa shape index (κ2) is 9.15. The minimum atomic E-state index is -3.67. The van der Waals surface area contributed by atoms with Gasteiger partial charge in [-0.05, 0) is 49.6 Å². The van der Waals surface area contributed by atoms with Gasteiger partial charge in [-0.25, -0.2) is 8.42 Å². The molecule has 2 rings (SSSR count). The lowest BCUT2D eigenvalue weighted by atomic mass is 10.2. The van der Waals surface area contributed by atoms with Crippen LogP contribution in [0.1, 0.15) is 43.6 Å². The zero-order valence-electron chi connectivity index (χ0n) is 16.3. The van der Waals surface area contributed by atoms with Crippen molar-refractivity contribution in [2.24, 2.45) is 5.92 Å². The summed E-state index contributed by atoms with van der Waals surface area (Å²) < 4.78 is 27.7. The topological polar surface area (TPSA) is 66.5 Å². The van der Waals surface area contributed by atoms with Gasteiger partial charge in [0.2, 0.25) is 10.0 Å². The average molecular weight is 389 g/mol. The Morgan fingerprint density at radius 3 is 2.07 bits per heavy atom. The van der Waals surface area contributed by atoms with Crippen molar-refractivity contribution in [2.45, 2.75) is 45.2 Å². The molecule has 6 heteroatoms. The third kappa shape index (κ3) is 5.65. The molecule has 0 heterocycles. The Balaban J connectivity index is 2.22. The van der Waals surface area contributed by atoms with Crippen molar-refractivity contribution in [3.05, 3.63) is 65.7 Å². The van der Waals surface area contributed by atoms with E-state index in [0.717, 1.165) is 5.56 Å². The molecule has 0 aliphatic heterocycles. The van der Waals surface area contributed by atoms with Gasteiger partial charge in [0.1, 0.15) is 0 Å². The Kier molecular flexibility index (Phi) is 7.16. The second-order valence-electron chi connectivity index (χ2n) is 7.26. The smallest absolute Gasteiger partial charge is 0.251 e. The van der Waals surface area contributed by atoms with Crippen LogP contribution in [0.15, 0.2) is 59.5 Å². The van der Waals surface area contributed by atoms with Gasteiger partial charge >= 0.3 is 0 Å². The maximum Gasteiger partial charge on any atom is 0.251 e. The molecular weight excluding hydrogens is 360 g/mol. The van der Waals surface area contributed by atoms with E-state index in [1.807, 2.05) is 58.0 Å². The van der Waals surface area contributed by atoms with Crippen LogP contribution in [0.3, 0.4) is 0 Å². The summed E-state index contributed by atoms with van der Waals surface area (Å²) in [5, 5.41) is 2.83. The van der Waals surface area contributed by atoms with Crippen LogP contribution >= 0.6 is 0 Å². The maximum absolute atomic E-state index is 13.1. The van der Waals surface area contributed by atoms with Crippen LogP contribution in [-0.4, -0.2) is 31.2 Å². The van der Waals surface area contributed by atoms with E-state index in [1.165, 1.54) is 16.4 Å². The van der Waals surface area contributed by atoms with Crippen LogP contribution in [0.25, 0.3) is 0 Å². The van der Waals surface area contributed by atoms with Crippen LogP contribution in [0.5, 0.6) is 0 Å². The number of amides is 1. The highest BCUT2D eigenvalue weighted by Gasteiger charge is 2.27. The minimum Gasteiger partial charge on any atom is -0.352 e. The van der Waals surface area contributed by atoms with Crippen molar-refractivity contribution in [1.29, 1.82) is 0 Å². The molecule has 0 atom stereocenters. The predicted octanol–water partition coefficient (Wildman–Crippen LogP) is 3.67. The normalized spacial score (nSPS) is 12.0. The number of hydrogen-bond donors (Lipinski definition) is 1. The van der Waals surface area contributed by atoms with Crippen molar-refractivity contribution < 1.29 is 13.2 Å². The molecule has 0 aromatic heterocycles. The molecule has 0 unspecified atom stereocenters. The zero-order valence-corrected chi connectivity index (χ0v) is 17.2. The molecule has 0 aliphatic carbocycles. The lowest BCUT2D eigenvalue weighted by Gasteiger charge is -2.26. The lowest BCUT2D eigenvalue weighted by Crippen LogP contribution is -2.36. The van der Waals surface area contributed by atoms with Crippen molar-refractivity contribution in [1.82, 2.24) is 9.62 Å². The van der Waals surface area contributed by atoms with E-state index in [4.69, 9.17) is 0 Å². The fourth-order valence-electron chi connectivity index (χ4n) is 2.62. The molecule has 0 saturated carbocycles. The van der Waals surface area contributed by atoms with Gasteiger partial charge in [0.15, 0.2) is 0 Å². The molecule has 0 radical (unpaired) electrons. The van der Waals surface area contributed by atoms with Crippen molar-refractivity contribution in [3.63, 3.8) is 0 Å². The van der Waals surface area contributed by atoms with Gasteiger partial charge < -0.3 is 5.32 Å². The van der Waals surface area contributed by atoms with Gasteiger partial charge in [-0.15, -0.1) is 0 Å². The average Bonchev–Trinajstić information content (AvgIpc) is 2.64. The number of rotatable bonds is 8. The summed E-state index contributed by atoms with van der Waals surface area (Å²) in [4.78, 5) is 12.3. The van der Waals surface area contributed by atoms with E-state index < -0.39 is 10.0 Å². The van der Waals surface area contributed by atoms with Gasteiger partial charge in [0.25, 0.3) is 5.91 Å². The molecule has 5 nitrogen and oxygen atoms in total. The van der Waals surface area contributed by atoms with Gasteiger partial charge in [-0.1, -0.05) is 44.2 Å². The summed E-state index contributed by atoms with van der Waals surface area (Å²) in [6, 6.07) is 15.4. The molecule has 27 heavy (non-hydrogen) atoms. The third-order valence-corrected chi connectivity index (χ3v) is 6.19. The summed E-state index contributed by atoms with van der Waals surface area (Å²) in [5.74, 6) is 0.156. The molecular formula is C21H28N2O3S. The van der Waals surface area contributed by atoms with Crippen LogP contribution in [0, 0.1) is 5.92 Å². The van der Waals surface area contributed by atoms with E-state index in [0.29, 0.717) is 24.6 Å². The quantitative estimate of drug-likeness (QED) is 0.750. The molecule has 2 aromatic carbocycles. The van der Waals surface area contributed by atoms with E-state index in [9.17, 15) is 13.2 Å². The first-order valence-electron chi connectivity index (χ1n) is 9.16. The van der Waals surface area contributed by atoms with E-state index in [1.54, 1.807) is 12.1 Å². The fourth-order valence-corrected chi connectivity index (χ4v) is 4.25. The molecule has 0 bridgehead atoms. The van der Waals surface area contributed by atoms with Gasteiger partial charge in [-0.3, -0.25) is 4.79 Å². The van der Waals surface area contributed by atoms with Crippen molar-refractivity contribution >= 4 is 15.9 Å². The monoisotopic (exact) mass is 388 g/mol. The first kappa shape index (κ1) is 21.1. The van der Waals surface area contributed by atoms with Gasteiger partial charge in [0, 0.05) is 24.7 Å². The Morgan fingerprint density at radius 1 is 0.963 bits per heavy atom. The Bertz CT molecular complexity index is 845. The highest BCUT2D eigenvalue weighted by Crippen LogP contribution is 2.21. The molecule has 1 N–H and O–H groups in total. The fraction of sp³-hybridized carbons (Fsp3) is 0.381. The summed E-state index contributed by atoms with van der Waals surface area (Å²) in [6.45, 7) is 8.63. The Morgan fingerprint density at radius 2 is 1.56 bits per heavy atom. The summed E-state index contributed by atoms with van der Waals surface area (Å²) in [6.07, 6.45) is 0. The maximum atomic E-state index is 13.1. The van der Waals surface area contributed by atoms with Crippen molar-refractivity contribution in [2.75, 3.05) is 6.54 Å². The molecule has 0 aliphatic rings. The predicted molar refractivity (Wildman–Crippen MR) is 108 cm³/mol.